The summed E-state index contributed by atoms with van der Waals surface area (Å²) in [7, 11) is 1.36. The van der Waals surface area contributed by atoms with Gasteiger partial charge < -0.3 is 15.4 Å². The molecule has 4 aromatic rings. The van der Waals surface area contributed by atoms with Crippen molar-refractivity contribution in [2.75, 3.05) is 17.7 Å². The van der Waals surface area contributed by atoms with Gasteiger partial charge in [0.1, 0.15) is 5.00 Å². The summed E-state index contributed by atoms with van der Waals surface area (Å²) in [5.41, 5.74) is 2.58. The molecule has 0 saturated heterocycles. The van der Waals surface area contributed by atoms with E-state index in [2.05, 4.69) is 31.7 Å². The minimum atomic E-state index is -0.424. The maximum atomic E-state index is 12.3. The summed E-state index contributed by atoms with van der Waals surface area (Å²) in [4.78, 5) is 13.2. The Kier molecular flexibility index (Phi) is 6.99. The molecule has 0 unspecified atom stereocenters. The molecule has 0 amide bonds. The molecular formula is C23H19BrN4O2S2. The second-order valence-electron chi connectivity index (χ2n) is 6.82. The highest BCUT2D eigenvalue weighted by atomic mass is 79.9. The number of ether oxygens (including phenoxy) is 1. The van der Waals surface area contributed by atoms with Gasteiger partial charge in [-0.3, -0.25) is 4.68 Å². The van der Waals surface area contributed by atoms with Crippen molar-refractivity contribution in [3.8, 4) is 10.4 Å². The van der Waals surface area contributed by atoms with Crippen molar-refractivity contribution in [2.24, 2.45) is 0 Å². The zero-order valence-corrected chi connectivity index (χ0v) is 20.3. The van der Waals surface area contributed by atoms with Gasteiger partial charge in [-0.05, 0) is 41.5 Å². The van der Waals surface area contributed by atoms with Gasteiger partial charge in [0.05, 0.1) is 19.2 Å². The molecule has 0 fully saturated rings. The number of esters is 1. The average Bonchev–Trinajstić information content (AvgIpc) is 3.42. The van der Waals surface area contributed by atoms with E-state index in [1.807, 2.05) is 77.6 Å². The fraction of sp³-hybridized carbons (Fsp3) is 0.0870. The molecule has 2 aromatic carbocycles. The number of anilines is 2. The molecule has 0 radical (unpaired) electrons. The summed E-state index contributed by atoms with van der Waals surface area (Å²) in [6.45, 7) is 0.646. The summed E-state index contributed by atoms with van der Waals surface area (Å²) < 4.78 is 7.80. The van der Waals surface area contributed by atoms with E-state index in [1.165, 1.54) is 18.4 Å². The second-order valence-corrected chi connectivity index (χ2v) is 9.19. The van der Waals surface area contributed by atoms with Crippen LogP contribution in [0.3, 0.4) is 0 Å². The van der Waals surface area contributed by atoms with Gasteiger partial charge in [-0.25, -0.2) is 4.79 Å². The van der Waals surface area contributed by atoms with E-state index in [1.54, 1.807) is 0 Å². The largest absolute Gasteiger partial charge is 0.465 e. The molecule has 0 bridgehead atoms. The first-order chi connectivity index (χ1) is 15.5. The highest BCUT2D eigenvalue weighted by Crippen LogP contribution is 2.36. The molecule has 4 rings (SSSR count). The number of nitrogens with one attached hydrogen (secondary N) is 2. The smallest absolute Gasteiger partial charge is 0.340 e. The van der Waals surface area contributed by atoms with Crippen LogP contribution in [-0.2, 0) is 11.3 Å². The van der Waals surface area contributed by atoms with Crippen LogP contribution in [0, 0.1) is 0 Å². The van der Waals surface area contributed by atoms with E-state index in [0.717, 1.165) is 20.5 Å². The number of nitrogens with zero attached hydrogens (tertiary/aromatic N) is 2. The number of benzene rings is 2. The van der Waals surface area contributed by atoms with Crippen LogP contribution in [0.2, 0.25) is 0 Å². The molecule has 2 N–H and O–H groups in total. The topological polar surface area (TPSA) is 68.2 Å². The normalized spacial score (nSPS) is 10.6. The number of rotatable bonds is 6. The van der Waals surface area contributed by atoms with E-state index < -0.39 is 5.97 Å². The highest BCUT2D eigenvalue weighted by molar-refractivity contribution is 9.10. The van der Waals surface area contributed by atoms with Gasteiger partial charge >= 0.3 is 5.97 Å². The first kappa shape index (κ1) is 22.2. The fourth-order valence-electron chi connectivity index (χ4n) is 3.03. The maximum absolute atomic E-state index is 12.3. The summed E-state index contributed by atoms with van der Waals surface area (Å²) in [5.74, 6) is 0.187. The lowest BCUT2D eigenvalue weighted by Crippen LogP contribution is -2.20. The Morgan fingerprint density at radius 3 is 2.59 bits per heavy atom. The lowest BCUT2D eigenvalue weighted by molar-refractivity contribution is 0.0602. The Morgan fingerprint density at radius 2 is 1.88 bits per heavy atom. The van der Waals surface area contributed by atoms with Crippen LogP contribution >= 0.6 is 39.5 Å². The monoisotopic (exact) mass is 526 g/mol. The van der Waals surface area contributed by atoms with Crippen molar-refractivity contribution in [1.29, 1.82) is 0 Å². The third-order valence-electron chi connectivity index (χ3n) is 4.56. The second kappa shape index (κ2) is 10.1. The van der Waals surface area contributed by atoms with E-state index >= 15 is 0 Å². The van der Waals surface area contributed by atoms with Gasteiger partial charge in [0.25, 0.3) is 0 Å². The summed E-state index contributed by atoms with van der Waals surface area (Å²) >= 11 is 10.3. The Balaban J connectivity index is 1.46. The standard InChI is InChI=1S/C23H19BrN4O2S2/c1-30-22(29)18-13-19(16-5-3-2-4-6-16)32-21(18)26-23(31)25-20-11-12-28(27-20)14-15-7-9-17(24)10-8-15/h2-13H,14H2,1H3,(H2,25,26,27,31). The number of hydrogen-bond donors (Lipinski definition) is 2. The third kappa shape index (κ3) is 5.42. The third-order valence-corrected chi connectivity index (χ3v) is 6.40. The van der Waals surface area contributed by atoms with Gasteiger partial charge in [0.2, 0.25) is 0 Å². The zero-order chi connectivity index (χ0) is 22.5. The lowest BCUT2D eigenvalue weighted by atomic mass is 10.1. The number of halogens is 1. The highest BCUT2D eigenvalue weighted by Gasteiger charge is 2.18. The molecule has 162 valence electrons. The Bertz CT molecular complexity index is 1240. The van der Waals surface area contributed by atoms with Crippen LogP contribution < -0.4 is 10.6 Å². The van der Waals surface area contributed by atoms with Crippen molar-refractivity contribution in [3.05, 3.63) is 88.5 Å². The maximum Gasteiger partial charge on any atom is 0.340 e. The molecule has 0 aliphatic carbocycles. The van der Waals surface area contributed by atoms with E-state index in [0.29, 0.717) is 28.0 Å². The minimum Gasteiger partial charge on any atom is -0.465 e. The SMILES string of the molecule is COC(=O)c1cc(-c2ccccc2)sc1NC(=S)Nc1ccn(Cc2ccc(Br)cc2)n1. The van der Waals surface area contributed by atoms with Crippen LogP contribution in [0.25, 0.3) is 10.4 Å². The van der Waals surface area contributed by atoms with E-state index in [9.17, 15) is 4.79 Å². The Labute approximate surface area is 203 Å². The van der Waals surface area contributed by atoms with Crippen LogP contribution in [0.5, 0.6) is 0 Å². The molecule has 0 saturated carbocycles. The molecular weight excluding hydrogens is 508 g/mol. The van der Waals surface area contributed by atoms with Gasteiger partial charge in [0.15, 0.2) is 10.9 Å². The van der Waals surface area contributed by atoms with Gasteiger partial charge in [-0.1, -0.05) is 58.4 Å². The summed E-state index contributed by atoms with van der Waals surface area (Å²) in [6, 6.07) is 21.6. The number of thiocarbonyl (C=S) groups is 1. The first-order valence-electron chi connectivity index (χ1n) is 9.65. The van der Waals surface area contributed by atoms with Crippen LogP contribution in [0.1, 0.15) is 15.9 Å². The average molecular weight is 527 g/mol. The Morgan fingerprint density at radius 1 is 1.12 bits per heavy atom. The van der Waals surface area contributed by atoms with Gasteiger partial charge in [0, 0.05) is 21.6 Å². The molecule has 32 heavy (non-hydrogen) atoms. The zero-order valence-electron chi connectivity index (χ0n) is 17.0. The number of methoxy groups -OCH3 is 1. The van der Waals surface area contributed by atoms with Crippen molar-refractivity contribution in [3.63, 3.8) is 0 Å². The molecule has 6 nitrogen and oxygen atoms in total. The number of carbonyl (C=O) groups is 1. The molecule has 2 heterocycles. The van der Waals surface area contributed by atoms with Crippen molar-refractivity contribution in [2.45, 2.75) is 6.54 Å². The van der Waals surface area contributed by atoms with Gasteiger partial charge in [-0.2, -0.15) is 5.10 Å². The molecule has 0 aliphatic rings. The Hall–Kier alpha value is -3.01. The molecule has 9 heteroatoms. The number of thiophene rings is 1. The number of carbonyl (C=O) groups excluding carboxylic acids is 1. The number of aromatic nitrogens is 2. The van der Waals surface area contributed by atoms with Crippen LogP contribution in [0.15, 0.2) is 77.4 Å². The molecule has 2 aromatic heterocycles. The van der Waals surface area contributed by atoms with Crippen LogP contribution in [-0.4, -0.2) is 28.0 Å². The van der Waals surface area contributed by atoms with Crippen molar-refractivity contribution >= 4 is 61.4 Å². The van der Waals surface area contributed by atoms with E-state index in [4.69, 9.17) is 17.0 Å². The molecule has 0 aliphatic heterocycles. The predicted molar refractivity (Wildman–Crippen MR) is 136 cm³/mol. The molecule has 0 atom stereocenters. The lowest BCUT2D eigenvalue weighted by Gasteiger charge is -2.08. The number of hydrogen-bond acceptors (Lipinski definition) is 5. The fourth-order valence-corrected chi connectivity index (χ4v) is 4.63. The summed E-state index contributed by atoms with van der Waals surface area (Å²) in [5, 5.41) is 11.7. The molecule has 0 spiro atoms. The van der Waals surface area contributed by atoms with E-state index in [-0.39, 0.29) is 0 Å². The van der Waals surface area contributed by atoms with Crippen LogP contribution in [0.4, 0.5) is 10.8 Å². The predicted octanol–water partition coefficient (Wildman–Crippen LogP) is 6.02. The quantitative estimate of drug-likeness (QED) is 0.236. The van der Waals surface area contributed by atoms with Gasteiger partial charge in [-0.15, -0.1) is 11.3 Å². The first-order valence-corrected chi connectivity index (χ1v) is 11.7. The van der Waals surface area contributed by atoms with Crippen molar-refractivity contribution in [1.82, 2.24) is 9.78 Å². The minimum absolute atomic E-state index is 0.338. The summed E-state index contributed by atoms with van der Waals surface area (Å²) in [6.07, 6.45) is 1.88. The van der Waals surface area contributed by atoms with Crippen molar-refractivity contribution < 1.29 is 9.53 Å².